The molecule has 0 aliphatic heterocycles. The predicted octanol–water partition coefficient (Wildman–Crippen LogP) is -0.343. The molecule has 25 heavy (non-hydrogen) atoms. The Labute approximate surface area is 146 Å². The van der Waals surface area contributed by atoms with Crippen molar-refractivity contribution in [2.75, 3.05) is 7.11 Å². The number of hydrogen-bond acceptors (Lipinski definition) is 5. The Morgan fingerprint density at radius 3 is 2.24 bits per heavy atom. The van der Waals surface area contributed by atoms with Crippen molar-refractivity contribution in [1.29, 1.82) is 0 Å². The first-order valence-electron chi connectivity index (χ1n) is 7.81. The maximum absolute atomic E-state index is 12.5. The van der Waals surface area contributed by atoms with E-state index in [4.69, 9.17) is 5.73 Å². The van der Waals surface area contributed by atoms with Crippen molar-refractivity contribution < 1.29 is 23.9 Å². The molecule has 1 aromatic rings. The van der Waals surface area contributed by atoms with Crippen molar-refractivity contribution in [3.63, 3.8) is 0 Å². The second-order valence-corrected chi connectivity index (χ2v) is 5.52. The molecule has 0 heterocycles. The number of primary amides is 1. The van der Waals surface area contributed by atoms with Crippen LogP contribution < -0.4 is 16.4 Å². The van der Waals surface area contributed by atoms with E-state index >= 15 is 0 Å². The minimum absolute atomic E-state index is 0.0197. The van der Waals surface area contributed by atoms with Gasteiger partial charge in [-0.25, -0.2) is 0 Å². The van der Waals surface area contributed by atoms with Crippen molar-refractivity contribution in [3.05, 3.63) is 35.9 Å². The fourth-order valence-corrected chi connectivity index (χ4v) is 2.23. The average Bonchev–Trinajstić information content (AvgIpc) is 2.57. The molecule has 0 saturated carbocycles. The van der Waals surface area contributed by atoms with E-state index < -0.39 is 29.9 Å². The summed E-state index contributed by atoms with van der Waals surface area (Å²) in [5.41, 5.74) is 6.12. The van der Waals surface area contributed by atoms with Crippen LogP contribution in [-0.4, -0.2) is 42.9 Å². The van der Waals surface area contributed by atoms with Crippen molar-refractivity contribution in [3.8, 4) is 0 Å². The largest absolute Gasteiger partial charge is 0.469 e. The molecule has 0 aliphatic carbocycles. The Balaban J connectivity index is 2.78. The number of amides is 3. The molecule has 4 N–H and O–H groups in total. The molecule has 2 atom stereocenters. The zero-order chi connectivity index (χ0) is 18.8. The van der Waals surface area contributed by atoms with E-state index in [9.17, 15) is 19.2 Å². The molecule has 3 amide bonds. The summed E-state index contributed by atoms with van der Waals surface area (Å²) in [6.45, 7) is 1.30. The van der Waals surface area contributed by atoms with Crippen LogP contribution in [0.5, 0.6) is 0 Å². The fraction of sp³-hybridized carbons (Fsp3) is 0.412. The Hall–Kier alpha value is -2.90. The summed E-state index contributed by atoms with van der Waals surface area (Å²) in [5, 5.41) is 5.04. The van der Waals surface area contributed by atoms with Gasteiger partial charge in [0.15, 0.2) is 0 Å². The standard InChI is InChI=1S/C17H23N3O5/c1-11(21)19-14(10-12-6-4-3-5-7-12)17(24)20-13(16(18)23)8-9-15(22)25-2/h3-7,13-14H,8-10H2,1-2H3,(H2,18,23)(H,19,21)(H,20,24)/t13-,14+/m0/s1. The van der Waals surface area contributed by atoms with Crippen molar-refractivity contribution in [1.82, 2.24) is 10.6 Å². The highest BCUT2D eigenvalue weighted by atomic mass is 16.5. The SMILES string of the molecule is COC(=O)CC[C@H](NC(=O)[C@@H](Cc1ccccc1)NC(C)=O)C(N)=O. The fourth-order valence-electron chi connectivity index (χ4n) is 2.23. The van der Waals surface area contributed by atoms with Crippen LogP contribution in [0, 0.1) is 0 Å². The van der Waals surface area contributed by atoms with Crippen LogP contribution in [0.1, 0.15) is 25.3 Å². The molecular formula is C17H23N3O5. The number of carbonyl (C=O) groups excluding carboxylic acids is 4. The molecule has 0 spiro atoms. The zero-order valence-corrected chi connectivity index (χ0v) is 14.3. The Morgan fingerprint density at radius 1 is 1.08 bits per heavy atom. The lowest BCUT2D eigenvalue weighted by Crippen LogP contribution is -2.53. The van der Waals surface area contributed by atoms with E-state index in [1.54, 1.807) is 0 Å². The van der Waals surface area contributed by atoms with E-state index in [1.807, 2.05) is 30.3 Å². The Morgan fingerprint density at radius 2 is 1.72 bits per heavy atom. The molecule has 0 unspecified atom stereocenters. The molecule has 0 radical (unpaired) electrons. The van der Waals surface area contributed by atoms with Crippen LogP contribution in [0.15, 0.2) is 30.3 Å². The van der Waals surface area contributed by atoms with Gasteiger partial charge < -0.3 is 21.1 Å². The maximum Gasteiger partial charge on any atom is 0.305 e. The van der Waals surface area contributed by atoms with E-state index in [-0.39, 0.29) is 25.2 Å². The smallest absolute Gasteiger partial charge is 0.305 e. The van der Waals surface area contributed by atoms with E-state index in [0.29, 0.717) is 0 Å². The van der Waals surface area contributed by atoms with Crippen LogP contribution in [0.25, 0.3) is 0 Å². The molecule has 1 aromatic carbocycles. The van der Waals surface area contributed by atoms with Crippen molar-refractivity contribution in [2.45, 2.75) is 38.3 Å². The highest BCUT2D eigenvalue weighted by molar-refractivity contribution is 5.91. The molecule has 8 nitrogen and oxygen atoms in total. The summed E-state index contributed by atoms with van der Waals surface area (Å²) in [6, 6.07) is 7.24. The summed E-state index contributed by atoms with van der Waals surface area (Å²) in [7, 11) is 1.23. The van der Waals surface area contributed by atoms with Gasteiger partial charge >= 0.3 is 5.97 Å². The van der Waals surface area contributed by atoms with Gasteiger partial charge in [-0.05, 0) is 12.0 Å². The van der Waals surface area contributed by atoms with Gasteiger partial charge in [-0.2, -0.15) is 0 Å². The summed E-state index contributed by atoms with van der Waals surface area (Å²) in [4.78, 5) is 46.5. The van der Waals surface area contributed by atoms with E-state index in [1.165, 1.54) is 14.0 Å². The molecule has 0 saturated heterocycles. The predicted molar refractivity (Wildman–Crippen MR) is 90.1 cm³/mol. The summed E-state index contributed by atoms with van der Waals surface area (Å²) < 4.78 is 4.50. The van der Waals surface area contributed by atoms with Crippen LogP contribution in [0.4, 0.5) is 0 Å². The van der Waals surface area contributed by atoms with Gasteiger partial charge in [-0.15, -0.1) is 0 Å². The zero-order valence-electron chi connectivity index (χ0n) is 14.3. The molecule has 0 bridgehead atoms. The van der Waals surface area contributed by atoms with Crippen molar-refractivity contribution >= 4 is 23.7 Å². The maximum atomic E-state index is 12.5. The second-order valence-electron chi connectivity index (χ2n) is 5.52. The third-order valence-electron chi connectivity index (χ3n) is 3.50. The molecule has 0 aliphatic rings. The third-order valence-corrected chi connectivity index (χ3v) is 3.50. The lowest BCUT2D eigenvalue weighted by atomic mass is 10.0. The van der Waals surface area contributed by atoms with Gasteiger partial charge in [0.1, 0.15) is 12.1 Å². The lowest BCUT2D eigenvalue weighted by Gasteiger charge is -2.21. The highest BCUT2D eigenvalue weighted by Crippen LogP contribution is 2.05. The second kappa shape index (κ2) is 10.1. The quantitative estimate of drug-likeness (QED) is 0.525. The van der Waals surface area contributed by atoms with E-state index in [0.717, 1.165) is 5.56 Å². The first kappa shape index (κ1) is 20.1. The summed E-state index contributed by atoms with van der Waals surface area (Å²) in [5.74, 6) is -2.20. The van der Waals surface area contributed by atoms with Crippen LogP contribution >= 0.6 is 0 Å². The number of nitrogens with two attached hydrogens (primary N) is 1. The van der Waals surface area contributed by atoms with Gasteiger partial charge in [0, 0.05) is 19.8 Å². The molecule has 0 aromatic heterocycles. The van der Waals surface area contributed by atoms with Gasteiger partial charge in [-0.1, -0.05) is 30.3 Å². The average molecular weight is 349 g/mol. The summed E-state index contributed by atoms with van der Waals surface area (Å²) >= 11 is 0. The molecule has 1 rings (SSSR count). The normalized spacial score (nSPS) is 12.6. The number of esters is 1. The van der Waals surface area contributed by atoms with E-state index in [2.05, 4.69) is 15.4 Å². The third kappa shape index (κ3) is 7.47. The Bertz CT molecular complexity index is 618. The van der Waals surface area contributed by atoms with Gasteiger partial charge in [-0.3, -0.25) is 19.2 Å². The number of hydrogen-bond donors (Lipinski definition) is 3. The number of ether oxygens (including phenoxy) is 1. The number of methoxy groups -OCH3 is 1. The minimum atomic E-state index is -1.03. The minimum Gasteiger partial charge on any atom is -0.469 e. The Kier molecular flexibility index (Phi) is 8.11. The molecule has 8 heteroatoms. The number of benzene rings is 1. The van der Waals surface area contributed by atoms with Crippen LogP contribution in [0.3, 0.4) is 0 Å². The van der Waals surface area contributed by atoms with Gasteiger partial charge in [0.05, 0.1) is 7.11 Å². The number of nitrogens with one attached hydrogen (secondary N) is 2. The van der Waals surface area contributed by atoms with Crippen LogP contribution in [0.2, 0.25) is 0 Å². The summed E-state index contributed by atoms with van der Waals surface area (Å²) in [6.07, 6.45) is 0.217. The van der Waals surface area contributed by atoms with Crippen molar-refractivity contribution in [2.24, 2.45) is 5.73 Å². The number of carbonyl (C=O) groups is 4. The molecule has 136 valence electrons. The van der Waals surface area contributed by atoms with Gasteiger partial charge in [0.2, 0.25) is 17.7 Å². The highest BCUT2D eigenvalue weighted by Gasteiger charge is 2.25. The van der Waals surface area contributed by atoms with Gasteiger partial charge in [0.25, 0.3) is 0 Å². The lowest BCUT2D eigenvalue weighted by molar-refractivity contribution is -0.141. The number of rotatable bonds is 9. The molecule has 0 fully saturated rings. The van der Waals surface area contributed by atoms with Crippen LogP contribution in [-0.2, 0) is 30.3 Å². The topological polar surface area (TPSA) is 128 Å². The monoisotopic (exact) mass is 349 g/mol. The molecular weight excluding hydrogens is 326 g/mol. The first-order valence-corrected chi connectivity index (χ1v) is 7.81. The first-order chi connectivity index (χ1) is 11.8.